The quantitative estimate of drug-likeness (QED) is 0.531. The lowest BCUT2D eigenvalue weighted by atomic mass is 10.2. The Morgan fingerprint density at radius 2 is 1.85 bits per heavy atom. The van der Waals surface area contributed by atoms with Gasteiger partial charge in [0, 0.05) is 29.1 Å². The molecule has 0 aromatic heterocycles. The molecule has 0 bridgehead atoms. The fourth-order valence-electron chi connectivity index (χ4n) is 2.12. The van der Waals surface area contributed by atoms with E-state index in [0.717, 1.165) is 0 Å². The van der Waals surface area contributed by atoms with E-state index in [-0.39, 0.29) is 18.7 Å². The van der Waals surface area contributed by atoms with Gasteiger partial charge < -0.3 is 10.1 Å². The van der Waals surface area contributed by atoms with Gasteiger partial charge in [0.15, 0.2) is 0 Å². The molecule has 2 amide bonds. The van der Waals surface area contributed by atoms with E-state index >= 15 is 0 Å². The van der Waals surface area contributed by atoms with Gasteiger partial charge in [-0.2, -0.15) is 5.10 Å². The van der Waals surface area contributed by atoms with Crippen molar-refractivity contribution in [2.75, 3.05) is 11.9 Å². The van der Waals surface area contributed by atoms with Crippen LogP contribution < -0.4 is 15.5 Å². The lowest BCUT2D eigenvalue weighted by Gasteiger charge is -2.07. The molecule has 27 heavy (non-hydrogen) atoms. The zero-order valence-corrected chi connectivity index (χ0v) is 15.4. The van der Waals surface area contributed by atoms with E-state index in [2.05, 4.69) is 15.8 Å². The topological polar surface area (TPSA) is 79.8 Å². The van der Waals surface area contributed by atoms with Crippen LogP contribution in [0.3, 0.4) is 0 Å². The van der Waals surface area contributed by atoms with Gasteiger partial charge in [-0.05, 0) is 49.4 Å². The zero-order valence-electron chi connectivity index (χ0n) is 14.7. The summed E-state index contributed by atoms with van der Waals surface area (Å²) in [5.41, 5.74) is 3.43. The summed E-state index contributed by atoms with van der Waals surface area (Å²) < 4.78 is 18.3. The third kappa shape index (κ3) is 7.07. The summed E-state index contributed by atoms with van der Waals surface area (Å²) in [6.45, 7) is 2.34. The monoisotopic (exact) mass is 391 g/mol. The van der Waals surface area contributed by atoms with Crippen molar-refractivity contribution in [1.29, 1.82) is 0 Å². The van der Waals surface area contributed by atoms with Crippen LogP contribution in [0, 0.1) is 5.82 Å². The molecule has 8 heteroatoms. The highest BCUT2D eigenvalue weighted by atomic mass is 35.5. The van der Waals surface area contributed by atoms with Gasteiger partial charge in [0.25, 0.3) is 0 Å². The molecule has 0 radical (unpaired) electrons. The minimum Gasteiger partial charge on any atom is -0.493 e. The number of carbonyl (C=O) groups excluding carboxylic acids is 2. The van der Waals surface area contributed by atoms with Crippen molar-refractivity contribution in [2.24, 2.45) is 5.10 Å². The second kappa shape index (κ2) is 10.3. The smallest absolute Gasteiger partial charge is 0.240 e. The van der Waals surface area contributed by atoms with Gasteiger partial charge in [-0.15, -0.1) is 0 Å². The van der Waals surface area contributed by atoms with Crippen LogP contribution >= 0.6 is 11.6 Å². The Kier molecular flexibility index (Phi) is 7.76. The van der Waals surface area contributed by atoms with Crippen molar-refractivity contribution in [3.63, 3.8) is 0 Å². The molecule has 2 rings (SSSR count). The fourth-order valence-corrected chi connectivity index (χ4v) is 2.30. The molecular weight excluding hydrogens is 373 g/mol. The molecule has 0 saturated heterocycles. The predicted octanol–water partition coefficient (Wildman–Crippen LogP) is 3.75. The van der Waals surface area contributed by atoms with Crippen molar-refractivity contribution >= 4 is 35.3 Å². The molecule has 142 valence electrons. The first-order valence-corrected chi connectivity index (χ1v) is 8.65. The first-order valence-electron chi connectivity index (χ1n) is 8.27. The van der Waals surface area contributed by atoms with Crippen molar-refractivity contribution in [3.05, 3.63) is 58.9 Å². The molecule has 2 aromatic carbocycles. The summed E-state index contributed by atoms with van der Waals surface area (Å²) in [6.07, 6.45) is 1.35. The molecule has 0 aliphatic carbocycles. The van der Waals surface area contributed by atoms with Gasteiger partial charge in [0.1, 0.15) is 11.6 Å². The van der Waals surface area contributed by atoms with E-state index < -0.39 is 11.7 Å². The number of hydrogen-bond acceptors (Lipinski definition) is 4. The molecule has 0 aliphatic heterocycles. The second-order valence-electron chi connectivity index (χ2n) is 5.46. The molecule has 0 spiro atoms. The molecule has 2 N–H and O–H groups in total. The molecule has 0 fully saturated rings. The van der Waals surface area contributed by atoms with E-state index in [1.165, 1.54) is 30.5 Å². The maximum Gasteiger partial charge on any atom is 0.240 e. The summed E-state index contributed by atoms with van der Waals surface area (Å²) in [7, 11) is 0. The first-order chi connectivity index (χ1) is 13.0. The van der Waals surface area contributed by atoms with E-state index in [9.17, 15) is 14.0 Å². The zero-order chi connectivity index (χ0) is 19.6. The summed E-state index contributed by atoms with van der Waals surface area (Å²) in [5.74, 6) is -0.564. The molecular formula is C19H19ClFN3O3. The summed E-state index contributed by atoms with van der Waals surface area (Å²) in [4.78, 5) is 23.6. The van der Waals surface area contributed by atoms with Crippen LogP contribution in [-0.4, -0.2) is 24.6 Å². The molecule has 0 heterocycles. The number of rotatable bonds is 8. The Balaban J connectivity index is 1.80. The number of benzene rings is 2. The fraction of sp³-hybridized carbons (Fsp3) is 0.211. The first kappa shape index (κ1) is 20.4. The minimum atomic E-state index is -0.416. The van der Waals surface area contributed by atoms with Crippen molar-refractivity contribution < 1.29 is 18.7 Å². The van der Waals surface area contributed by atoms with Gasteiger partial charge in [-0.1, -0.05) is 11.6 Å². The highest BCUT2D eigenvalue weighted by Gasteiger charge is 2.07. The lowest BCUT2D eigenvalue weighted by molar-refractivity contribution is -0.124. The largest absolute Gasteiger partial charge is 0.493 e. The normalized spacial score (nSPS) is 10.6. The number of hydrogen-bond donors (Lipinski definition) is 2. The molecule has 0 atom stereocenters. The number of anilines is 1. The van der Waals surface area contributed by atoms with Crippen LogP contribution in [0.15, 0.2) is 47.6 Å². The highest BCUT2D eigenvalue weighted by molar-refractivity contribution is 6.30. The van der Waals surface area contributed by atoms with Gasteiger partial charge in [0.05, 0.1) is 12.8 Å². The van der Waals surface area contributed by atoms with Gasteiger partial charge >= 0.3 is 0 Å². The Bertz CT molecular complexity index is 825. The molecule has 0 saturated carbocycles. The average Bonchev–Trinajstić information content (AvgIpc) is 2.64. The number of nitrogens with one attached hydrogen (secondary N) is 2. The minimum absolute atomic E-state index is 0.0277. The number of amides is 2. The maximum absolute atomic E-state index is 12.8. The maximum atomic E-state index is 12.8. The lowest BCUT2D eigenvalue weighted by Crippen LogP contribution is -2.20. The SMILES string of the molecule is CCOc1ccc(Cl)cc1C=NNC(=O)CCC(=O)Nc1ccc(F)cc1. The van der Waals surface area contributed by atoms with E-state index in [0.29, 0.717) is 28.6 Å². The van der Waals surface area contributed by atoms with Crippen LogP contribution in [0.2, 0.25) is 5.02 Å². The van der Waals surface area contributed by atoms with E-state index in [1.807, 2.05) is 6.92 Å². The average molecular weight is 392 g/mol. The van der Waals surface area contributed by atoms with Crippen LogP contribution in [0.5, 0.6) is 5.75 Å². The molecule has 6 nitrogen and oxygen atoms in total. The third-order valence-corrected chi connectivity index (χ3v) is 3.61. The highest BCUT2D eigenvalue weighted by Crippen LogP contribution is 2.21. The Hall–Kier alpha value is -2.93. The Morgan fingerprint density at radius 3 is 2.56 bits per heavy atom. The summed E-state index contributed by atoms with van der Waals surface area (Å²) in [6, 6.07) is 10.4. The number of carbonyl (C=O) groups is 2. The van der Waals surface area contributed by atoms with Crippen molar-refractivity contribution in [1.82, 2.24) is 5.43 Å². The van der Waals surface area contributed by atoms with E-state index in [4.69, 9.17) is 16.3 Å². The summed E-state index contributed by atoms with van der Waals surface area (Å²) in [5, 5.41) is 6.96. The van der Waals surface area contributed by atoms with Crippen LogP contribution in [0.25, 0.3) is 0 Å². The Labute approximate surface area is 161 Å². The number of hydrazone groups is 1. The van der Waals surface area contributed by atoms with Gasteiger partial charge in [-0.3, -0.25) is 9.59 Å². The van der Waals surface area contributed by atoms with Gasteiger partial charge in [-0.25, -0.2) is 9.82 Å². The van der Waals surface area contributed by atoms with Crippen molar-refractivity contribution in [3.8, 4) is 5.75 Å². The van der Waals surface area contributed by atoms with Crippen molar-refractivity contribution in [2.45, 2.75) is 19.8 Å². The second-order valence-corrected chi connectivity index (χ2v) is 5.90. The predicted molar refractivity (Wildman–Crippen MR) is 103 cm³/mol. The van der Waals surface area contributed by atoms with Crippen LogP contribution in [0.1, 0.15) is 25.3 Å². The van der Waals surface area contributed by atoms with Crippen LogP contribution in [-0.2, 0) is 9.59 Å². The van der Waals surface area contributed by atoms with E-state index in [1.54, 1.807) is 18.2 Å². The number of ether oxygens (including phenoxy) is 1. The molecule has 0 unspecified atom stereocenters. The Morgan fingerprint density at radius 1 is 1.15 bits per heavy atom. The third-order valence-electron chi connectivity index (χ3n) is 3.37. The number of halogens is 2. The van der Waals surface area contributed by atoms with Crippen LogP contribution in [0.4, 0.5) is 10.1 Å². The summed E-state index contributed by atoms with van der Waals surface area (Å²) >= 11 is 5.95. The van der Waals surface area contributed by atoms with Gasteiger partial charge in [0.2, 0.25) is 11.8 Å². The molecule has 2 aromatic rings. The standard InChI is InChI=1S/C19H19ClFN3O3/c1-2-27-17-8-3-14(20)11-13(17)12-22-24-19(26)10-9-18(25)23-16-6-4-15(21)5-7-16/h3-8,11-12H,2,9-10H2,1H3,(H,23,25)(H,24,26). The molecule has 0 aliphatic rings. The number of nitrogens with zero attached hydrogens (tertiary/aromatic N) is 1.